The Bertz CT molecular complexity index is 255. The van der Waals surface area contributed by atoms with Crippen LogP contribution in [0.25, 0.3) is 0 Å². The second kappa shape index (κ2) is 11.1. The number of hydrogen-bond acceptors (Lipinski definition) is 10. The summed E-state index contributed by atoms with van der Waals surface area (Å²) in [6.45, 7) is 0. The monoisotopic (exact) mass is 368 g/mol. The Kier molecular flexibility index (Phi) is 11.2. The van der Waals surface area contributed by atoms with Crippen LogP contribution in [0.15, 0.2) is 22.0 Å². The van der Waals surface area contributed by atoms with Gasteiger partial charge in [-0.2, -0.15) is 0 Å². The molecule has 0 aliphatic heterocycles. The summed E-state index contributed by atoms with van der Waals surface area (Å²) < 4.78 is 17.2. The smallest absolute Gasteiger partial charge is 0.0720 e. The maximum absolute atomic E-state index is 8.61. The number of hydrogen-bond donors (Lipinski definition) is 2. The molecule has 0 spiro atoms. The predicted octanol–water partition coefficient (Wildman–Crippen LogP) is 6.85. The van der Waals surface area contributed by atoms with Crippen molar-refractivity contribution >= 4 is 83.0 Å². The summed E-state index contributed by atoms with van der Waals surface area (Å²) in [6, 6.07) is 0. The first-order valence-corrected chi connectivity index (χ1v) is 13.5. The molecule has 0 aromatic carbocycles. The zero-order valence-corrected chi connectivity index (χ0v) is 14.3. The van der Waals surface area contributed by atoms with Gasteiger partial charge < -0.3 is 9.11 Å². The lowest BCUT2D eigenvalue weighted by Gasteiger charge is -2.12. The molecule has 0 saturated carbocycles. The van der Waals surface area contributed by atoms with Crippen LogP contribution in [0.2, 0.25) is 0 Å². The van der Waals surface area contributed by atoms with Crippen molar-refractivity contribution < 1.29 is 9.11 Å². The minimum absolute atomic E-state index is 0.773. The molecule has 0 bridgehead atoms. The van der Waals surface area contributed by atoms with E-state index >= 15 is 0 Å². The van der Waals surface area contributed by atoms with E-state index in [-0.39, 0.29) is 0 Å². The van der Waals surface area contributed by atoms with Crippen molar-refractivity contribution in [2.75, 3.05) is 0 Å². The van der Waals surface area contributed by atoms with Gasteiger partial charge in [0.05, 0.1) is 22.1 Å². The fourth-order valence-corrected chi connectivity index (χ4v) is 9.39. The van der Waals surface area contributed by atoms with Crippen molar-refractivity contribution in [2.45, 2.75) is 12.8 Å². The van der Waals surface area contributed by atoms with Gasteiger partial charge in [0.2, 0.25) is 0 Å². The zero-order valence-electron chi connectivity index (χ0n) is 7.73. The van der Waals surface area contributed by atoms with E-state index < -0.39 is 0 Å². The molecule has 1 aliphatic carbocycles. The Hall–Kier alpha value is 2.20. The summed E-state index contributed by atoms with van der Waals surface area (Å²) in [4.78, 5) is 2.59. The highest BCUT2D eigenvalue weighted by Crippen LogP contribution is 2.53. The van der Waals surface area contributed by atoms with E-state index in [1.807, 2.05) is 0 Å². The SMILES string of the molecule is OSSSSC1=C(SSSSO)CCC=C1. The summed E-state index contributed by atoms with van der Waals surface area (Å²) in [6.07, 6.45) is 6.44. The van der Waals surface area contributed by atoms with E-state index in [0.717, 1.165) is 35.0 Å². The summed E-state index contributed by atoms with van der Waals surface area (Å²) in [5.41, 5.74) is 0. The van der Waals surface area contributed by atoms with Crippen molar-refractivity contribution in [3.05, 3.63) is 22.0 Å². The highest BCUT2D eigenvalue weighted by atomic mass is 33.7. The molecule has 0 amide bonds. The van der Waals surface area contributed by atoms with Gasteiger partial charge in [-0.3, -0.25) is 0 Å². The van der Waals surface area contributed by atoms with Crippen molar-refractivity contribution in [1.82, 2.24) is 0 Å². The normalized spacial score (nSPS) is 15.9. The fourth-order valence-electron chi connectivity index (χ4n) is 0.908. The minimum atomic E-state index is 0.773. The Morgan fingerprint density at radius 3 is 2.31 bits per heavy atom. The topological polar surface area (TPSA) is 40.5 Å². The Morgan fingerprint density at radius 2 is 1.62 bits per heavy atom. The summed E-state index contributed by atoms with van der Waals surface area (Å²) in [5, 5.41) is 0. The van der Waals surface area contributed by atoms with Crippen LogP contribution in [0.3, 0.4) is 0 Å². The maximum Gasteiger partial charge on any atom is 0.0720 e. The Morgan fingerprint density at radius 1 is 0.938 bits per heavy atom. The molecule has 0 unspecified atom stereocenters. The fraction of sp³-hybridized carbons (Fsp3) is 0.333. The quantitative estimate of drug-likeness (QED) is 0.270. The number of rotatable bonds is 8. The molecule has 2 nitrogen and oxygen atoms in total. The summed E-state index contributed by atoms with van der Waals surface area (Å²) in [7, 11) is 9.21. The van der Waals surface area contributed by atoms with Gasteiger partial charge in [-0.25, -0.2) is 0 Å². The average molecular weight is 369 g/mol. The lowest BCUT2D eigenvalue weighted by atomic mass is 10.2. The van der Waals surface area contributed by atoms with E-state index in [2.05, 4.69) is 12.2 Å². The minimum Gasteiger partial charge on any atom is -0.320 e. The van der Waals surface area contributed by atoms with E-state index in [0.29, 0.717) is 0 Å². The highest BCUT2D eigenvalue weighted by Gasteiger charge is 2.11. The lowest BCUT2D eigenvalue weighted by Crippen LogP contribution is -1.85. The van der Waals surface area contributed by atoms with Crippen LogP contribution in [0.4, 0.5) is 0 Å². The molecule has 0 fully saturated rings. The molecule has 0 radical (unpaired) electrons. The Labute approximate surface area is 126 Å². The van der Waals surface area contributed by atoms with E-state index in [4.69, 9.17) is 9.11 Å². The van der Waals surface area contributed by atoms with Gasteiger partial charge in [-0.15, -0.1) is 0 Å². The third kappa shape index (κ3) is 6.95. The van der Waals surface area contributed by atoms with Gasteiger partial charge in [-0.05, 0) is 54.1 Å². The molecule has 1 rings (SSSR count). The van der Waals surface area contributed by atoms with Crippen LogP contribution >= 0.6 is 83.0 Å². The van der Waals surface area contributed by atoms with Crippen LogP contribution < -0.4 is 0 Å². The third-order valence-electron chi connectivity index (χ3n) is 1.46. The first kappa shape index (κ1) is 16.3. The molecular formula is C6H8O2S8. The lowest BCUT2D eigenvalue weighted by molar-refractivity contribution is 0.675. The van der Waals surface area contributed by atoms with Crippen LogP contribution in [0.1, 0.15) is 12.8 Å². The van der Waals surface area contributed by atoms with E-state index in [1.165, 1.54) is 29.5 Å². The van der Waals surface area contributed by atoms with Crippen LogP contribution in [0.5, 0.6) is 0 Å². The summed E-state index contributed by atoms with van der Waals surface area (Å²) in [5.74, 6) is 0. The van der Waals surface area contributed by atoms with Gasteiger partial charge in [0.1, 0.15) is 0 Å². The van der Waals surface area contributed by atoms with E-state index in [1.54, 1.807) is 41.2 Å². The molecule has 2 N–H and O–H groups in total. The van der Waals surface area contributed by atoms with Crippen LogP contribution in [-0.4, -0.2) is 9.11 Å². The molecule has 0 atom stereocenters. The van der Waals surface area contributed by atoms with Gasteiger partial charge in [0.25, 0.3) is 0 Å². The van der Waals surface area contributed by atoms with Crippen LogP contribution in [0, 0.1) is 0 Å². The number of allylic oxidation sites excluding steroid dienone is 3. The first-order valence-electron chi connectivity index (χ1n) is 3.91. The maximum atomic E-state index is 8.61. The molecule has 0 aromatic heterocycles. The second-order valence-corrected chi connectivity index (χ2v) is 12.9. The summed E-state index contributed by atoms with van der Waals surface area (Å²) >= 11 is 1.55. The largest absolute Gasteiger partial charge is 0.320 e. The van der Waals surface area contributed by atoms with Gasteiger partial charge in [0, 0.05) is 29.5 Å². The van der Waals surface area contributed by atoms with Crippen molar-refractivity contribution in [2.24, 2.45) is 0 Å². The molecule has 1 aliphatic rings. The average Bonchev–Trinajstić information content (AvgIpc) is 2.32. The zero-order chi connectivity index (χ0) is 11.6. The van der Waals surface area contributed by atoms with Gasteiger partial charge >= 0.3 is 0 Å². The van der Waals surface area contributed by atoms with E-state index in [9.17, 15) is 0 Å². The van der Waals surface area contributed by atoms with Gasteiger partial charge in [0.15, 0.2) is 0 Å². The van der Waals surface area contributed by atoms with Crippen LogP contribution in [-0.2, 0) is 0 Å². The van der Waals surface area contributed by atoms with Crippen molar-refractivity contribution in [1.29, 1.82) is 0 Å². The highest BCUT2D eigenvalue weighted by molar-refractivity contribution is 9.26. The molecule has 10 heteroatoms. The molecule has 16 heavy (non-hydrogen) atoms. The van der Waals surface area contributed by atoms with Crippen molar-refractivity contribution in [3.63, 3.8) is 0 Å². The molecular weight excluding hydrogens is 361 g/mol. The molecule has 0 saturated heterocycles. The first-order chi connectivity index (χ1) is 7.88. The Balaban J connectivity index is 2.40. The molecule has 0 aromatic rings. The molecule has 92 valence electrons. The third-order valence-corrected chi connectivity index (χ3v) is 11.7. The van der Waals surface area contributed by atoms with Gasteiger partial charge in [-0.1, -0.05) is 12.2 Å². The second-order valence-electron chi connectivity index (χ2n) is 2.32. The predicted molar refractivity (Wildman–Crippen MR) is 91.4 cm³/mol. The molecule has 0 heterocycles. The van der Waals surface area contributed by atoms with Crippen molar-refractivity contribution in [3.8, 4) is 0 Å². The standard InChI is InChI=1S/C6H8O2S8/c7-11-15-13-9-5-3-1-2-4-6(5)10-14-16-12-8/h1,3,7-8H,2,4H2.